The number of aromatic nitrogens is 1. The zero-order valence-corrected chi connectivity index (χ0v) is 11.9. The summed E-state index contributed by atoms with van der Waals surface area (Å²) in [4.78, 5) is 13.9. The molecule has 2 rings (SSSR count). The van der Waals surface area contributed by atoms with Crippen LogP contribution in [0.4, 0.5) is 16.5 Å². The topological polar surface area (TPSA) is 114 Å². The standard InChI is InChI=1S/C10H10N4O4S2/c1-11-8-6-7(2-3-9(8)14(15)16)20(17,18)13-10-12-4-5-19-10/h2-6,11H,1H3,(H,12,13). The molecule has 0 aliphatic rings. The maximum Gasteiger partial charge on any atom is 0.292 e. The molecule has 0 bridgehead atoms. The van der Waals surface area contributed by atoms with Gasteiger partial charge in [0.2, 0.25) is 0 Å². The first kappa shape index (κ1) is 14.2. The number of sulfonamides is 1. The molecule has 0 amide bonds. The molecule has 0 aliphatic heterocycles. The molecule has 0 radical (unpaired) electrons. The number of anilines is 2. The Morgan fingerprint density at radius 2 is 2.15 bits per heavy atom. The highest BCUT2D eigenvalue weighted by atomic mass is 32.2. The van der Waals surface area contributed by atoms with Crippen LogP contribution in [0, 0.1) is 10.1 Å². The minimum atomic E-state index is -3.82. The second-order valence-corrected chi connectivity index (χ2v) is 6.21. The van der Waals surface area contributed by atoms with Crippen LogP contribution in [0.15, 0.2) is 34.7 Å². The van der Waals surface area contributed by atoms with Crippen LogP contribution in [0.5, 0.6) is 0 Å². The van der Waals surface area contributed by atoms with Crippen LogP contribution in [-0.2, 0) is 10.0 Å². The molecule has 0 saturated carbocycles. The van der Waals surface area contributed by atoms with E-state index in [0.717, 1.165) is 17.4 Å². The normalized spacial score (nSPS) is 11.1. The summed E-state index contributed by atoms with van der Waals surface area (Å²) < 4.78 is 26.5. The summed E-state index contributed by atoms with van der Waals surface area (Å²) >= 11 is 1.14. The van der Waals surface area contributed by atoms with Gasteiger partial charge in [-0.25, -0.2) is 13.4 Å². The summed E-state index contributed by atoms with van der Waals surface area (Å²) in [5, 5.41) is 15.3. The van der Waals surface area contributed by atoms with Crippen LogP contribution in [0.3, 0.4) is 0 Å². The maximum absolute atomic E-state index is 12.1. The molecule has 0 atom stereocenters. The number of benzene rings is 1. The monoisotopic (exact) mass is 314 g/mol. The number of nitrogens with one attached hydrogen (secondary N) is 2. The number of hydrogen-bond acceptors (Lipinski definition) is 7. The molecule has 0 saturated heterocycles. The number of nitrogens with zero attached hydrogens (tertiary/aromatic N) is 2. The summed E-state index contributed by atoms with van der Waals surface area (Å²) in [7, 11) is -2.34. The largest absolute Gasteiger partial charge is 0.383 e. The Bertz CT molecular complexity index is 728. The van der Waals surface area contributed by atoms with E-state index >= 15 is 0 Å². The lowest BCUT2D eigenvalue weighted by Gasteiger charge is -2.07. The van der Waals surface area contributed by atoms with E-state index in [0.29, 0.717) is 0 Å². The third-order valence-corrected chi connectivity index (χ3v) is 4.55. The van der Waals surface area contributed by atoms with Crippen LogP contribution < -0.4 is 10.0 Å². The predicted molar refractivity (Wildman–Crippen MR) is 75.6 cm³/mol. The van der Waals surface area contributed by atoms with Gasteiger partial charge < -0.3 is 5.32 Å². The molecule has 106 valence electrons. The van der Waals surface area contributed by atoms with Gasteiger partial charge in [-0.15, -0.1) is 11.3 Å². The molecule has 20 heavy (non-hydrogen) atoms. The lowest BCUT2D eigenvalue weighted by Crippen LogP contribution is -2.13. The third kappa shape index (κ3) is 2.86. The van der Waals surface area contributed by atoms with Crippen LogP contribution in [0.2, 0.25) is 0 Å². The van der Waals surface area contributed by atoms with Crippen molar-refractivity contribution in [1.82, 2.24) is 4.98 Å². The lowest BCUT2D eigenvalue weighted by molar-refractivity contribution is -0.384. The van der Waals surface area contributed by atoms with Gasteiger partial charge in [-0.3, -0.25) is 14.8 Å². The van der Waals surface area contributed by atoms with E-state index in [-0.39, 0.29) is 21.4 Å². The highest BCUT2D eigenvalue weighted by molar-refractivity contribution is 7.93. The van der Waals surface area contributed by atoms with Crippen molar-refractivity contribution in [3.63, 3.8) is 0 Å². The van der Waals surface area contributed by atoms with Gasteiger partial charge in [-0.05, 0) is 12.1 Å². The van der Waals surface area contributed by atoms with Gasteiger partial charge >= 0.3 is 0 Å². The summed E-state index contributed by atoms with van der Waals surface area (Å²) in [6.07, 6.45) is 1.47. The minimum absolute atomic E-state index is 0.0809. The number of thiazole rings is 1. The van der Waals surface area contributed by atoms with Gasteiger partial charge in [-0.1, -0.05) is 0 Å². The van der Waals surface area contributed by atoms with E-state index < -0.39 is 14.9 Å². The smallest absolute Gasteiger partial charge is 0.292 e. The van der Waals surface area contributed by atoms with Crippen LogP contribution in [-0.4, -0.2) is 25.4 Å². The van der Waals surface area contributed by atoms with E-state index in [2.05, 4.69) is 15.0 Å². The van der Waals surface area contributed by atoms with Crippen molar-refractivity contribution in [3.8, 4) is 0 Å². The predicted octanol–water partition coefficient (Wildman–Crippen LogP) is 1.89. The van der Waals surface area contributed by atoms with Gasteiger partial charge in [0.25, 0.3) is 15.7 Å². The summed E-state index contributed by atoms with van der Waals surface area (Å²) in [5.74, 6) is 0. The van der Waals surface area contributed by atoms with Crippen molar-refractivity contribution in [1.29, 1.82) is 0 Å². The molecule has 8 nitrogen and oxygen atoms in total. The first-order valence-corrected chi connectivity index (χ1v) is 7.69. The second kappa shape index (κ2) is 5.43. The number of nitro benzene ring substituents is 1. The fraction of sp³-hybridized carbons (Fsp3) is 0.100. The molecule has 2 aromatic rings. The molecular formula is C10H10N4O4S2. The first-order chi connectivity index (χ1) is 9.44. The second-order valence-electron chi connectivity index (χ2n) is 3.63. The highest BCUT2D eigenvalue weighted by Gasteiger charge is 2.20. The number of rotatable bonds is 5. The molecule has 10 heteroatoms. The van der Waals surface area contributed by atoms with E-state index in [4.69, 9.17) is 0 Å². The van der Waals surface area contributed by atoms with Gasteiger partial charge in [0, 0.05) is 24.7 Å². The zero-order chi connectivity index (χ0) is 14.8. The van der Waals surface area contributed by atoms with Crippen molar-refractivity contribution in [2.45, 2.75) is 4.90 Å². The quantitative estimate of drug-likeness (QED) is 0.643. The fourth-order valence-electron chi connectivity index (χ4n) is 1.49. The zero-order valence-electron chi connectivity index (χ0n) is 10.2. The van der Waals surface area contributed by atoms with Gasteiger partial charge in [0.15, 0.2) is 5.13 Å². The van der Waals surface area contributed by atoms with E-state index in [1.807, 2.05) is 0 Å². The lowest BCUT2D eigenvalue weighted by atomic mass is 10.3. The van der Waals surface area contributed by atoms with Crippen molar-refractivity contribution in [2.24, 2.45) is 0 Å². The molecule has 1 aromatic heterocycles. The Morgan fingerprint density at radius 1 is 1.40 bits per heavy atom. The number of nitro groups is 1. The van der Waals surface area contributed by atoms with Gasteiger partial charge in [0.1, 0.15) is 5.69 Å². The van der Waals surface area contributed by atoms with E-state index in [1.165, 1.54) is 25.4 Å². The van der Waals surface area contributed by atoms with Crippen molar-refractivity contribution in [2.75, 3.05) is 17.1 Å². The van der Waals surface area contributed by atoms with Crippen molar-refractivity contribution < 1.29 is 13.3 Å². The molecule has 0 spiro atoms. The van der Waals surface area contributed by atoms with E-state index in [1.54, 1.807) is 5.38 Å². The Balaban J connectivity index is 2.40. The Hall–Kier alpha value is -2.20. The summed E-state index contributed by atoms with van der Waals surface area (Å²) in [6.45, 7) is 0. The summed E-state index contributed by atoms with van der Waals surface area (Å²) in [5.41, 5.74) is -0.0716. The highest BCUT2D eigenvalue weighted by Crippen LogP contribution is 2.28. The molecule has 2 N–H and O–H groups in total. The van der Waals surface area contributed by atoms with Gasteiger partial charge in [0.05, 0.1) is 9.82 Å². The average Bonchev–Trinajstić information content (AvgIpc) is 2.89. The molecule has 1 heterocycles. The van der Waals surface area contributed by atoms with Crippen LogP contribution in [0.1, 0.15) is 0 Å². The van der Waals surface area contributed by atoms with Crippen molar-refractivity contribution in [3.05, 3.63) is 39.9 Å². The van der Waals surface area contributed by atoms with Crippen LogP contribution in [0.25, 0.3) is 0 Å². The fourth-order valence-corrected chi connectivity index (χ4v) is 3.30. The third-order valence-electron chi connectivity index (χ3n) is 2.40. The molecule has 0 unspecified atom stereocenters. The first-order valence-electron chi connectivity index (χ1n) is 5.32. The molecular weight excluding hydrogens is 304 g/mol. The Labute approximate surface area is 118 Å². The SMILES string of the molecule is CNc1cc(S(=O)(=O)Nc2nccs2)ccc1[N+](=O)[O-]. The van der Waals surface area contributed by atoms with Gasteiger partial charge in [-0.2, -0.15) is 0 Å². The number of hydrogen-bond donors (Lipinski definition) is 2. The maximum atomic E-state index is 12.1. The van der Waals surface area contributed by atoms with Crippen molar-refractivity contribution >= 4 is 37.9 Å². The minimum Gasteiger partial charge on any atom is -0.383 e. The Kier molecular flexibility index (Phi) is 3.86. The molecule has 0 aliphatic carbocycles. The summed E-state index contributed by atoms with van der Waals surface area (Å²) in [6, 6.07) is 3.52. The Morgan fingerprint density at radius 3 is 2.70 bits per heavy atom. The molecule has 1 aromatic carbocycles. The molecule has 0 fully saturated rings. The average molecular weight is 314 g/mol. The van der Waals surface area contributed by atoms with Crippen LogP contribution >= 0.6 is 11.3 Å². The van der Waals surface area contributed by atoms with E-state index in [9.17, 15) is 18.5 Å².